The molecule has 1 aliphatic rings. The molecule has 1 saturated heterocycles. The maximum atomic E-state index is 12.1. The first-order valence-corrected chi connectivity index (χ1v) is 6.38. The van der Waals surface area contributed by atoms with Gasteiger partial charge in [-0.3, -0.25) is 4.79 Å². The SMILES string of the molecule is CN(Cc1ccc(N)cc1)C(=O)C1CCCCO1. The first-order chi connectivity index (χ1) is 8.66. The van der Waals surface area contributed by atoms with E-state index in [9.17, 15) is 4.79 Å². The standard InChI is InChI=1S/C14H20N2O2/c1-16(10-11-5-7-12(15)8-6-11)14(17)13-4-2-3-9-18-13/h5-8,13H,2-4,9-10,15H2,1H3. The second-order valence-corrected chi connectivity index (χ2v) is 4.79. The van der Waals surface area contributed by atoms with Crippen molar-refractivity contribution in [1.29, 1.82) is 0 Å². The molecule has 0 spiro atoms. The first-order valence-electron chi connectivity index (χ1n) is 6.38. The zero-order valence-electron chi connectivity index (χ0n) is 10.8. The lowest BCUT2D eigenvalue weighted by Gasteiger charge is -2.26. The van der Waals surface area contributed by atoms with Gasteiger partial charge in [0.25, 0.3) is 5.91 Å². The van der Waals surface area contributed by atoms with Crippen molar-refractivity contribution in [3.8, 4) is 0 Å². The Morgan fingerprint density at radius 3 is 2.72 bits per heavy atom. The predicted molar refractivity (Wildman–Crippen MR) is 70.9 cm³/mol. The number of hydrogen-bond acceptors (Lipinski definition) is 3. The van der Waals surface area contributed by atoms with E-state index in [0.717, 1.165) is 30.5 Å². The second-order valence-electron chi connectivity index (χ2n) is 4.79. The number of carbonyl (C=O) groups excluding carboxylic acids is 1. The van der Waals surface area contributed by atoms with E-state index in [1.165, 1.54) is 0 Å². The van der Waals surface area contributed by atoms with Crippen LogP contribution in [0.4, 0.5) is 5.69 Å². The smallest absolute Gasteiger partial charge is 0.251 e. The van der Waals surface area contributed by atoms with E-state index in [-0.39, 0.29) is 12.0 Å². The predicted octanol–water partition coefficient (Wildman–Crippen LogP) is 1.80. The highest BCUT2D eigenvalue weighted by Crippen LogP contribution is 2.16. The Labute approximate surface area is 108 Å². The van der Waals surface area contributed by atoms with Gasteiger partial charge in [-0.15, -0.1) is 0 Å². The number of nitrogens with zero attached hydrogens (tertiary/aromatic N) is 1. The molecule has 4 heteroatoms. The summed E-state index contributed by atoms with van der Waals surface area (Å²) < 4.78 is 5.51. The molecule has 18 heavy (non-hydrogen) atoms. The summed E-state index contributed by atoms with van der Waals surface area (Å²) in [7, 11) is 1.82. The van der Waals surface area contributed by atoms with Crippen LogP contribution >= 0.6 is 0 Å². The molecule has 2 N–H and O–H groups in total. The summed E-state index contributed by atoms with van der Waals surface area (Å²) in [4.78, 5) is 13.9. The number of ether oxygens (including phenoxy) is 1. The maximum absolute atomic E-state index is 12.1. The van der Waals surface area contributed by atoms with Crippen molar-refractivity contribution in [1.82, 2.24) is 4.90 Å². The molecule has 1 aromatic carbocycles. The molecule has 1 atom stereocenters. The van der Waals surface area contributed by atoms with Gasteiger partial charge in [0.2, 0.25) is 0 Å². The van der Waals surface area contributed by atoms with Crippen LogP contribution in [0.5, 0.6) is 0 Å². The van der Waals surface area contributed by atoms with E-state index in [2.05, 4.69) is 0 Å². The van der Waals surface area contributed by atoms with Gasteiger partial charge in [-0.1, -0.05) is 12.1 Å². The van der Waals surface area contributed by atoms with Gasteiger partial charge in [-0.2, -0.15) is 0 Å². The van der Waals surface area contributed by atoms with Gasteiger partial charge in [0.15, 0.2) is 0 Å². The lowest BCUT2D eigenvalue weighted by Crippen LogP contribution is -2.39. The van der Waals surface area contributed by atoms with Crippen LogP contribution in [0.25, 0.3) is 0 Å². The minimum absolute atomic E-state index is 0.0755. The number of nitrogen functional groups attached to an aromatic ring is 1. The molecule has 1 unspecified atom stereocenters. The molecule has 1 aliphatic heterocycles. The maximum Gasteiger partial charge on any atom is 0.251 e. The van der Waals surface area contributed by atoms with Crippen molar-refractivity contribution >= 4 is 11.6 Å². The number of anilines is 1. The molecule has 1 heterocycles. The van der Waals surface area contributed by atoms with Gasteiger partial charge in [0, 0.05) is 25.9 Å². The van der Waals surface area contributed by atoms with Gasteiger partial charge >= 0.3 is 0 Å². The van der Waals surface area contributed by atoms with Gasteiger partial charge < -0.3 is 15.4 Å². The van der Waals surface area contributed by atoms with Crippen LogP contribution in [-0.4, -0.2) is 30.6 Å². The van der Waals surface area contributed by atoms with Crippen molar-refractivity contribution in [2.45, 2.75) is 31.9 Å². The zero-order chi connectivity index (χ0) is 13.0. The molecule has 0 aromatic heterocycles. The van der Waals surface area contributed by atoms with E-state index in [1.807, 2.05) is 31.3 Å². The molecule has 1 aromatic rings. The van der Waals surface area contributed by atoms with Crippen molar-refractivity contribution in [2.75, 3.05) is 19.4 Å². The Morgan fingerprint density at radius 2 is 2.11 bits per heavy atom. The van der Waals surface area contributed by atoms with Crippen molar-refractivity contribution in [3.63, 3.8) is 0 Å². The van der Waals surface area contributed by atoms with Crippen LogP contribution in [0.2, 0.25) is 0 Å². The summed E-state index contributed by atoms with van der Waals surface area (Å²) in [5.41, 5.74) is 7.45. The average molecular weight is 248 g/mol. The van der Waals surface area contributed by atoms with Crippen LogP contribution in [0, 0.1) is 0 Å². The largest absolute Gasteiger partial charge is 0.399 e. The lowest BCUT2D eigenvalue weighted by molar-refractivity contribution is -0.145. The second kappa shape index (κ2) is 5.87. The summed E-state index contributed by atoms with van der Waals surface area (Å²) in [6.45, 7) is 1.30. The summed E-state index contributed by atoms with van der Waals surface area (Å²) in [5.74, 6) is 0.0755. The number of rotatable bonds is 3. The van der Waals surface area contributed by atoms with Crippen LogP contribution < -0.4 is 5.73 Å². The third-order valence-electron chi connectivity index (χ3n) is 3.23. The van der Waals surface area contributed by atoms with E-state index in [4.69, 9.17) is 10.5 Å². The number of amides is 1. The molecule has 0 bridgehead atoms. The van der Waals surface area contributed by atoms with E-state index >= 15 is 0 Å². The molecule has 0 radical (unpaired) electrons. The molecule has 4 nitrogen and oxygen atoms in total. The molecule has 1 amide bonds. The Bertz CT molecular complexity index is 397. The number of hydrogen-bond donors (Lipinski definition) is 1. The van der Waals surface area contributed by atoms with Gasteiger partial charge in [0.05, 0.1) is 0 Å². The lowest BCUT2D eigenvalue weighted by atomic mass is 10.1. The van der Waals surface area contributed by atoms with Gasteiger partial charge in [0.1, 0.15) is 6.10 Å². The monoisotopic (exact) mass is 248 g/mol. The van der Waals surface area contributed by atoms with Gasteiger partial charge in [-0.25, -0.2) is 0 Å². The summed E-state index contributed by atoms with van der Waals surface area (Å²) in [5, 5.41) is 0. The van der Waals surface area contributed by atoms with Crippen LogP contribution in [0.1, 0.15) is 24.8 Å². The Balaban J connectivity index is 1.92. The summed E-state index contributed by atoms with van der Waals surface area (Å²) >= 11 is 0. The van der Waals surface area contributed by atoms with Crippen molar-refractivity contribution in [2.24, 2.45) is 0 Å². The fourth-order valence-electron chi connectivity index (χ4n) is 2.16. The normalized spacial score (nSPS) is 19.5. The van der Waals surface area contributed by atoms with Gasteiger partial charge in [-0.05, 0) is 37.0 Å². The minimum Gasteiger partial charge on any atom is -0.399 e. The van der Waals surface area contributed by atoms with E-state index in [0.29, 0.717) is 13.2 Å². The first kappa shape index (κ1) is 12.9. The topological polar surface area (TPSA) is 55.6 Å². The Morgan fingerprint density at radius 1 is 1.39 bits per heavy atom. The van der Waals surface area contributed by atoms with Crippen molar-refractivity contribution < 1.29 is 9.53 Å². The molecular formula is C14H20N2O2. The van der Waals surface area contributed by atoms with E-state index < -0.39 is 0 Å². The van der Waals surface area contributed by atoms with Crippen molar-refractivity contribution in [3.05, 3.63) is 29.8 Å². The van der Waals surface area contributed by atoms with Crippen LogP contribution in [-0.2, 0) is 16.1 Å². The van der Waals surface area contributed by atoms with Crippen LogP contribution in [0.3, 0.4) is 0 Å². The highest BCUT2D eigenvalue weighted by molar-refractivity contribution is 5.80. The Kier molecular flexibility index (Phi) is 4.20. The number of benzene rings is 1. The number of nitrogens with two attached hydrogens (primary N) is 1. The average Bonchev–Trinajstić information content (AvgIpc) is 2.41. The molecular weight excluding hydrogens is 228 g/mol. The van der Waals surface area contributed by atoms with Crippen LogP contribution in [0.15, 0.2) is 24.3 Å². The van der Waals surface area contributed by atoms with E-state index in [1.54, 1.807) is 4.90 Å². The molecule has 98 valence electrons. The zero-order valence-corrected chi connectivity index (χ0v) is 10.8. The number of likely N-dealkylation sites (N-methyl/N-ethyl adjacent to an activating group) is 1. The molecule has 0 saturated carbocycles. The fraction of sp³-hybridized carbons (Fsp3) is 0.500. The Hall–Kier alpha value is -1.55. The highest BCUT2D eigenvalue weighted by Gasteiger charge is 2.24. The third kappa shape index (κ3) is 3.23. The fourth-order valence-corrected chi connectivity index (χ4v) is 2.16. The highest BCUT2D eigenvalue weighted by atomic mass is 16.5. The summed E-state index contributed by atoms with van der Waals surface area (Å²) in [6, 6.07) is 7.59. The minimum atomic E-state index is -0.252. The molecule has 2 rings (SSSR count). The molecule has 1 fully saturated rings. The summed E-state index contributed by atoms with van der Waals surface area (Å²) in [6.07, 6.45) is 2.72. The quantitative estimate of drug-likeness (QED) is 0.830. The molecule has 0 aliphatic carbocycles. The third-order valence-corrected chi connectivity index (χ3v) is 3.23. The number of carbonyl (C=O) groups is 1.